The molecule has 4 aromatic heterocycles. The predicted molar refractivity (Wildman–Crippen MR) is 155 cm³/mol. The van der Waals surface area contributed by atoms with Gasteiger partial charge in [0.2, 0.25) is 5.91 Å². The van der Waals surface area contributed by atoms with Crippen molar-refractivity contribution in [1.29, 1.82) is 0 Å². The number of nitrogens with zero attached hydrogens (tertiary/aromatic N) is 6. The molecule has 0 saturated carbocycles. The van der Waals surface area contributed by atoms with Crippen LogP contribution in [-0.4, -0.2) is 99.1 Å². The number of urea groups is 1. The lowest BCUT2D eigenvalue weighted by Crippen LogP contribution is -2.48. The van der Waals surface area contributed by atoms with Gasteiger partial charge in [-0.2, -0.15) is 5.10 Å². The molecule has 206 valence electrons. The SMILES string of the molecule is CN1CCN(C(=O)Nc2cncc(-c3cnc4n[nH]c(-c5cc6c([nH]5)C=CCC6(C)C(=O)N(C)C)c4c3)c2)CC1. The number of rotatable bonds is 4. The van der Waals surface area contributed by atoms with Crippen LogP contribution in [0.4, 0.5) is 10.5 Å². The van der Waals surface area contributed by atoms with Gasteiger partial charge in [0, 0.05) is 74.9 Å². The quantitative estimate of drug-likeness (QED) is 0.364. The molecule has 40 heavy (non-hydrogen) atoms. The summed E-state index contributed by atoms with van der Waals surface area (Å²) >= 11 is 0. The van der Waals surface area contributed by atoms with Gasteiger partial charge in [-0.25, -0.2) is 9.78 Å². The summed E-state index contributed by atoms with van der Waals surface area (Å²) < 4.78 is 0. The molecule has 1 aliphatic heterocycles. The van der Waals surface area contributed by atoms with Crippen LogP contribution in [0.3, 0.4) is 0 Å². The van der Waals surface area contributed by atoms with Crippen LogP contribution in [0.1, 0.15) is 24.6 Å². The molecule has 3 N–H and O–H groups in total. The molecule has 1 unspecified atom stereocenters. The molecule has 0 radical (unpaired) electrons. The van der Waals surface area contributed by atoms with E-state index in [1.165, 1.54) is 0 Å². The predicted octanol–water partition coefficient (Wildman–Crippen LogP) is 3.56. The Bertz CT molecular complexity index is 1630. The minimum atomic E-state index is -0.651. The fraction of sp³-hybridized carbons (Fsp3) is 0.345. The average Bonchev–Trinajstić information content (AvgIpc) is 3.58. The number of anilines is 1. The Morgan fingerprint density at radius 2 is 1.82 bits per heavy atom. The number of aromatic nitrogens is 5. The molecule has 6 rings (SSSR count). The molecule has 4 aromatic rings. The summed E-state index contributed by atoms with van der Waals surface area (Å²) in [7, 11) is 5.63. The van der Waals surface area contributed by atoms with Gasteiger partial charge in [-0.05, 0) is 50.2 Å². The van der Waals surface area contributed by atoms with Crippen molar-refractivity contribution >= 4 is 34.7 Å². The summed E-state index contributed by atoms with van der Waals surface area (Å²) in [5.41, 5.74) is 5.74. The summed E-state index contributed by atoms with van der Waals surface area (Å²) in [6, 6.07) is 5.84. The zero-order chi connectivity index (χ0) is 28.0. The number of hydrogen-bond donors (Lipinski definition) is 3. The monoisotopic (exact) mass is 539 g/mol. The number of fused-ring (bicyclic) bond motifs is 2. The molecule has 0 spiro atoms. The lowest BCUT2D eigenvalue weighted by Gasteiger charge is -2.32. The highest BCUT2D eigenvalue weighted by Crippen LogP contribution is 2.40. The number of amides is 3. The molecule has 1 fully saturated rings. The minimum absolute atomic E-state index is 0.0640. The molecule has 11 heteroatoms. The van der Waals surface area contributed by atoms with Crippen molar-refractivity contribution in [2.75, 3.05) is 52.6 Å². The van der Waals surface area contributed by atoms with E-state index in [-0.39, 0.29) is 11.9 Å². The van der Waals surface area contributed by atoms with E-state index in [2.05, 4.69) is 42.4 Å². The molecule has 3 amide bonds. The fourth-order valence-corrected chi connectivity index (χ4v) is 5.55. The van der Waals surface area contributed by atoms with Crippen LogP contribution in [0.5, 0.6) is 0 Å². The number of piperazine rings is 1. The smallest absolute Gasteiger partial charge is 0.321 e. The molecule has 1 aliphatic carbocycles. The van der Waals surface area contributed by atoms with E-state index in [0.717, 1.165) is 52.2 Å². The van der Waals surface area contributed by atoms with Crippen LogP contribution in [-0.2, 0) is 10.2 Å². The highest BCUT2D eigenvalue weighted by molar-refractivity contribution is 5.95. The zero-order valence-corrected chi connectivity index (χ0v) is 23.2. The van der Waals surface area contributed by atoms with Crippen LogP contribution in [0.2, 0.25) is 0 Å². The fourth-order valence-electron chi connectivity index (χ4n) is 5.55. The molecule has 0 aromatic carbocycles. The van der Waals surface area contributed by atoms with Gasteiger partial charge in [-0.15, -0.1) is 0 Å². The van der Waals surface area contributed by atoms with Gasteiger partial charge < -0.3 is 25.0 Å². The van der Waals surface area contributed by atoms with Crippen molar-refractivity contribution in [2.45, 2.75) is 18.8 Å². The third-order valence-corrected chi connectivity index (χ3v) is 7.92. The number of likely N-dealkylation sites (N-methyl/N-ethyl adjacent to an activating group) is 2. The highest BCUT2D eigenvalue weighted by Gasteiger charge is 2.40. The first-order chi connectivity index (χ1) is 19.2. The van der Waals surface area contributed by atoms with Crippen LogP contribution >= 0.6 is 0 Å². The second kappa shape index (κ2) is 9.91. The zero-order valence-electron chi connectivity index (χ0n) is 23.2. The number of carbonyl (C=O) groups is 2. The molecule has 1 saturated heterocycles. The lowest BCUT2D eigenvalue weighted by molar-refractivity contribution is -0.134. The summed E-state index contributed by atoms with van der Waals surface area (Å²) in [6.07, 6.45) is 9.86. The maximum atomic E-state index is 13.1. The van der Waals surface area contributed by atoms with Crippen molar-refractivity contribution in [2.24, 2.45) is 0 Å². The maximum Gasteiger partial charge on any atom is 0.321 e. The van der Waals surface area contributed by atoms with Gasteiger partial charge >= 0.3 is 6.03 Å². The summed E-state index contributed by atoms with van der Waals surface area (Å²) in [6.45, 7) is 5.09. The molecule has 0 bridgehead atoms. The van der Waals surface area contributed by atoms with E-state index in [1.54, 1.807) is 37.6 Å². The molecule has 5 heterocycles. The second-order valence-corrected chi connectivity index (χ2v) is 11.0. The molecule has 1 atom stereocenters. The van der Waals surface area contributed by atoms with Gasteiger partial charge in [0.1, 0.15) is 0 Å². The topological polar surface area (TPSA) is 126 Å². The van der Waals surface area contributed by atoms with Crippen molar-refractivity contribution in [3.05, 3.63) is 54.1 Å². The first-order valence-corrected chi connectivity index (χ1v) is 13.4. The van der Waals surface area contributed by atoms with Crippen molar-refractivity contribution in [1.82, 2.24) is 39.8 Å². The van der Waals surface area contributed by atoms with E-state index >= 15 is 0 Å². The number of carbonyl (C=O) groups excluding carboxylic acids is 2. The minimum Gasteiger partial charge on any atom is -0.354 e. The standard InChI is InChI=1S/C29H33N9O2/c1-29(27(39)36(2)3)7-5-6-23-22(29)14-24(33-23)25-21-13-19(16-31-26(21)35-34-25)18-12-20(17-30-15-18)32-28(40)38-10-8-37(4)9-11-38/h5-6,12-17,33H,7-11H2,1-4H3,(H,32,40)(H,31,34,35). The normalized spacial score (nSPS) is 19.1. The maximum absolute atomic E-state index is 13.1. The summed E-state index contributed by atoms with van der Waals surface area (Å²) in [4.78, 5) is 44.0. The van der Waals surface area contributed by atoms with Gasteiger partial charge in [0.25, 0.3) is 0 Å². The Morgan fingerprint density at radius 3 is 2.60 bits per heavy atom. The van der Waals surface area contributed by atoms with E-state index in [1.807, 2.05) is 42.2 Å². The molecular formula is C29H33N9O2. The second-order valence-electron chi connectivity index (χ2n) is 11.0. The van der Waals surface area contributed by atoms with E-state index in [9.17, 15) is 9.59 Å². The first-order valence-electron chi connectivity index (χ1n) is 13.4. The van der Waals surface area contributed by atoms with Gasteiger partial charge in [-0.3, -0.25) is 14.9 Å². The number of H-pyrrole nitrogens is 2. The van der Waals surface area contributed by atoms with E-state index in [4.69, 9.17) is 0 Å². The van der Waals surface area contributed by atoms with Crippen LogP contribution < -0.4 is 5.32 Å². The molecule has 2 aliphatic rings. The Hall–Kier alpha value is -4.51. The largest absolute Gasteiger partial charge is 0.354 e. The average molecular weight is 540 g/mol. The Morgan fingerprint density at radius 1 is 1.05 bits per heavy atom. The third-order valence-electron chi connectivity index (χ3n) is 7.92. The Kier molecular flexibility index (Phi) is 6.38. The van der Waals surface area contributed by atoms with Gasteiger partial charge in [-0.1, -0.05) is 6.08 Å². The number of allylic oxidation sites excluding steroid dienone is 1. The summed E-state index contributed by atoms with van der Waals surface area (Å²) in [5.74, 6) is 0.0640. The molecular weight excluding hydrogens is 506 g/mol. The Labute approximate surface area is 232 Å². The Balaban J connectivity index is 1.30. The third kappa shape index (κ3) is 4.51. The first kappa shape index (κ1) is 25.8. The van der Waals surface area contributed by atoms with Crippen LogP contribution in [0.15, 0.2) is 42.9 Å². The highest BCUT2D eigenvalue weighted by atomic mass is 16.2. The van der Waals surface area contributed by atoms with Crippen LogP contribution in [0, 0.1) is 0 Å². The van der Waals surface area contributed by atoms with Crippen molar-refractivity contribution in [3.63, 3.8) is 0 Å². The lowest BCUT2D eigenvalue weighted by atomic mass is 9.75. The van der Waals surface area contributed by atoms with Crippen molar-refractivity contribution in [3.8, 4) is 22.5 Å². The number of pyridine rings is 2. The van der Waals surface area contributed by atoms with Crippen molar-refractivity contribution < 1.29 is 9.59 Å². The molecule has 11 nitrogen and oxygen atoms in total. The van der Waals surface area contributed by atoms with Crippen LogP contribution in [0.25, 0.3) is 39.6 Å². The van der Waals surface area contributed by atoms with E-state index < -0.39 is 5.41 Å². The number of hydrogen-bond acceptors (Lipinski definition) is 6. The van der Waals surface area contributed by atoms with Gasteiger partial charge in [0.05, 0.1) is 28.7 Å². The van der Waals surface area contributed by atoms with Gasteiger partial charge in [0.15, 0.2) is 5.65 Å². The number of aromatic amines is 2. The number of nitrogens with one attached hydrogen (secondary N) is 3. The van der Waals surface area contributed by atoms with E-state index in [0.29, 0.717) is 30.8 Å². The summed E-state index contributed by atoms with van der Waals surface area (Å²) in [5, 5.41) is 11.4.